The third kappa shape index (κ3) is 3.09. The van der Waals surface area contributed by atoms with E-state index in [4.69, 9.17) is 0 Å². The van der Waals surface area contributed by atoms with Crippen LogP contribution in [0.4, 0.5) is 0 Å². The number of aliphatic hydroxyl groups excluding tert-OH is 1. The summed E-state index contributed by atoms with van der Waals surface area (Å²) in [6.45, 7) is 1.89. The Balaban J connectivity index is 2.22. The van der Waals surface area contributed by atoms with Crippen LogP contribution in [-0.4, -0.2) is 18.3 Å². The molecule has 0 saturated heterocycles. The van der Waals surface area contributed by atoms with Crippen molar-refractivity contribution in [2.24, 2.45) is 0 Å². The zero-order valence-electron chi connectivity index (χ0n) is 10.9. The molecule has 1 saturated carbocycles. The summed E-state index contributed by atoms with van der Waals surface area (Å²) in [6.07, 6.45) is 7.41. The molecule has 1 heterocycles. The Labute approximate surface area is 107 Å². The molecule has 0 spiro atoms. The second-order valence-electron chi connectivity index (χ2n) is 5.11. The van der Waals surface area contributed by atoms with E-state index in [2.05, 4.69) is 16.2 Å². The molecule has 3 heteroatoms. The first-order valence-electron chi connectivity index (χ1n) is 6.72. The number of hydrogen-bond donors (Lipinski definition) is 2. The van der Waals surface area contributed by atoms with Gasteiger partial charge in [0.25, 0.3) is 0 Å². The Morgan fingerprint density at radius 3 is 2.71 bits per heavy atom. The van der Waals surface area contributed by atoms with Crippen molar-refractivity contribution in [3.8, 4) is 0 Å². The van der Waals surface area contributed by atoms with Crippen LogP contribution in [0.1, 0.15) is 55.4 Å². The zero-order valence-corrected chi connectivity index (χ0v) is 11.7. The van der Waals surface area contributed by atoms with E-state index in [-0.39, 0.29) is 16.8 Å². The minimum absolute atomic E-state index is 0.0647. The maximum absolute atomic E-state index is 9.66. The van der Waals surface area contributed by atoms with Crippen molar-refractivity contribution in [1.29, 1.82) is 0 Å². The summed E-state index contributed by atoms with van der Waals surface area (Å²) in [5.74, 6) is 0.750. The number of hydrogen-bond acceptors (Lipinski definition) is 2. The van der Waals surface area contributed by atoms with Crippen LogP contribution in [0.3, 0.4) is 0 Å². The smallest absolute Gasteiger partial charge is 0.178 e. The van der Waals surface area contributed by atoms with Crippen molar-refractivity contribution in [1.82, 2.24) is 0 Å². The molecule has 0 radical (unpaired) electrons. The third-order valence-electron chi connectivity index (χ3n) is 3.72. The van der Waals surface area contributed by atoms with Gasteiger partial charge in [-0.2, -0.15) is 0 Å². The Kier molecular flexibility index (Phi) is 4.60. The molecular weight excluding hydrogens is 230 g/mol. The number of aliphatic hydroxyl groups is 1. The Bertz CT molecular complexity index is 353. The maximum Gasteiger partial charge on any atom is 0.178 e. The van der Waals surface area contributed by atoms with Crippen LogP contribution in [0.25, 0.3) is 0 Å². The minimum Gasteiger partial charge on any atom is -0.393 e. The van der Waals surface area contributed by atoms with Crippen LogP contribution in [-0.2, 0) is 6.42 Å². The molecule has 1 aliphatic carbocycles. The molecule has 2 rings (SSSR count). The largest absolute Gasteiger partial charge is 0.393 e. The monoisotopic (exact) mass is 254 g/mol. The summed E-state index contributed by atoms with van der Waals surface area (Å²) in [6, 6.07) is 2.31. The molecular formula is C14H24NOS+. The van der Waals surface area contributed by atoms with Gasteiger partial charge in [0, 0.05) is 25.1 Å². The van der Waals surface area contributed by atoms with E-state index in [9.17, 15) is 5.11 Å². The summed E-state index contributed by atoms with van der Waals surface area (Å²) in [5.41, 5.74) is 1.53. The van der Waals surface area contributed by atoms with Crippen molar-refractivity contribution in [3.63, 3.8) is 0 Å². The highest BCUT2D eigenvalue weighted by atomic mass is 32.2. The highest BCUT2D eigenvalue weighted by Crippen LogP contribution is 2.39. The van der Waals surface area contributed by atoms with Crippen LogP contribution >= 0.6 is 10.7 Å². The van der Waals surface area contributed by atoms with Gasteiger partial charge in [-0.3, -0.25) is 0 Å². The fourth-order valence-corrected chi connectivity index (χ4v) is 4.63. The van der Waals surface area contributed by atoms with Crippen LogP contribution in [0, 0.1) is 0 Å². The highest BCUT2D eigenvalue weighted by molar-refractivity contribution is 7.31. The lowest BCUT2D eigenvalue weighted by atomic mass is 9.84. The predicted molar refractivity (Wildman–Crippen MR) is 75.4 cm³/mol. The molecule has 1 aliphatic rings. The minimum atomic E-state index is -0.230. The average Bonchev–Trinajstić information content (AvgIpc) is 2.72. The second-order valence-corrected chi connectivity index (χ2v) is 6.96. The Morgan fingerprint density at radius 2 is 2.12 bits per heavy atom. The van der Waals surface area contributed by atoms with Gasteiger partial charge in [0.1, 0.15) is 0 Å². The lowest BCUT2D eigenvalue weighted by Gasteiger charge is -2.21. The van der Waals surface area contributed by atoms with Crippen molar-refractivity contribution in [3.05, 3.63) is 21.9 Å². The average molecular weight is 254 g/mol. The van der Waals surface area contributed by atoms with Crippen LogP contribution in [0.2, 0.25) is 0 Å². The van der Waals surface area contributed by atoms with E-state index in [1.807, 2.05) is 14.0 Å². The molecule has 0 aromatic carbocycles. The fraction of sp³-hybridized carbons (Fsp3) is 0.714. The predicted octanol–water partition coefficient (Wildman–Crippen LogP) is 3.58. The van der Waals surface area contributed by atoms with Crippen molar-refractivity contribution >= 4 is 10.7 Å². The van der Waals surface area contributed by atoms with Gasteiger partial charge < -0.3 is 5.11 Å². The van der Waals surface area contributed by atoms with Crippen molar-refractivity contribution in [2.45, 2.75) is 57.5 Å². The third-order valence-corrected chi connectivity index (χ3v) is 5.50. The normalized spacial score (nSPS) is 20.5. The number of thiophene rings is 1. The standard InChI is InChI=1S/C14H24NOS/c1-11(16)10-14-13(8-9-17(14)15-2)12-6-4-3-5-7-12/h8-9,11-12,15-16H,3-7,10H2,1-2H3/q+1. The summed E-state index contributed by atoms with van der Waals surface area (Å²) in [4.78, 5) is 1.45. The fourth-order valence-electron chi connectivity index (χ4n) is 2.89. The van der Waals surface area contributed by atoms with E-state index in [1.54, 1.807) is 0 Å². The first-order valence-corrected chi connectivity index (χ1v) is 8.01. The second kappa shape index (κ2) is 5.98. The van der Waals surface area contributed by atoms with Crippen LogP contribution in [0.15, 0.2) is 11.4 Å². The molecule has 1 fully saturated rings. The molecule has 17 heavy (non-hydrogen) atoms. The highest BCUT2D eigenvalue weighted by Gasteiger charge is 2.27. The first-order chi connectivity index (χ1) is 8.22. The summed E-state index contributed by atoms with van der Waals surface area (Å²) in [5, 5.41) is 11.9. The summed E-state index contributed by atoms with van der Waals surface area (Å²) in [7, 11) is 2.08. The molecule has 2 atom stereocenters. The van der Waals surface area contributed by atoms with Gasteiger partial charge in [0.15, 0.2) is 10.3 Å². The number of rotatable bonds is 4. The molecule has 96 valence electrons. The van der Waals surface area contributed by atoms with Gasteiger partial charge in [-0.1, -0.05) is 19.3 Å². The van der Waals surface area contributed by atoms with Gasteiger partial charge >= 0.3 is 0 Å². The molecule has 0 amide bonds. The van der Waals surface area contributed by atoms with Crippen LogP contribution in [0.5, 0.6) is 0 Å². The molecule has 2 nitrogen and oxygen atoms in total. The Morgan fingerprint density at radius 1 is 1.41 bits per heavy atom. The molecule has 2 unspecified atom stereocenters. The van der Waals surface area contributed by atoms with E-state index in [0.29, 0.717) is 0 Å². The van der Waals surface area contributed by atoms with Gasteiger partial charge in [-0.25, -0.2) is 0 Å². The van der Waals surface area contributed by atoms with Gasteiger partial charge in [0.05, 0.1) is 16.8 Å². The van der Waals surface area contributed by atoms with E-state index in [0.717, 1.165) is 12.3 Å². The van der Waals surface area contributed by atoms with Crippen LogP contribution < -0.4 is 4.72 Å². The molecule has 1 aromatic rings. The Hall–Kier alpha value is -0.380. The molecule has 0 bridgehead atoms. The first kappa shape index (κ1) is 13.1. The summed E-state index contributed by atoms with van der Waals surface area (Å²) < 4.78 is 3.36. The molecule has 1 aromatic heterocycles. The van der Waals surface area contributed by atoms with E-state index >= 15 is 0 Å². The van der Waals surface area contributed by atoms with Gasteiger partial charge in [-0.05, 0) is 25.7 Å². The van der Waals surface area contributed by atoms with E-state index < -0.39 is 0 Å². The topological polar surface area (TPSA) is 32.3 Å². The van der Waals surface area contributed by atoms with Crippen molar-refractivity contribution in [2.75, 3.05) is 11.8 Å². The quantitative estimate of drug-likeness (QED) is 0.805. The zero-order chi connectivity index (χ0) is 12.3. The lowest BCUT2D eigenvalue weighted by Crippen LogP contribution is -2.10. The molecule has 2 N–H and O–H groups in total. The number of nitrogens with one attached hydrogen (secondary N) is 1. The molecule has 0 aliphatic heterocycles. The van der Waals surface area contributed by atoms with Gasteiger partial charge in [0.2, 0.25) is 0 Å². The van der Waals surface area contributed by atoms with E-state index in [1.165, 1.54) is 42.5 Å². The SMILES string of the molecule is CN[s+]1ccc(C2CCCCC2)c1CC(C)O. The lowest BCUT2D eigenvalue weighted by molar-refractivity contribution is 0.196. The van der Waals surface area contributed by atoms with Crippen molar-refractivity contribution < 1.29 is 5.11 Å². The maximum atomic E-state index is 9.66. The summed E-state index contributed by atoms with van der Waals surface area (Å²) >= 11 is 0. The van der Waals surface area contributed by atoms with Gasteiger partial charge in [-0.15, -0.1) is 4.72 Å².